The minimum absolute atomic E-state index is 0.0580. The number of nitrogens with one attached hydrogen (secondary N) is 1. The Bertz CT molecular complexity index is 539. The number of hydrogen-bond acceptors (Lipinski definition) is 5. The molecule has 1 unspecified atom stereocenters. The van der Waals surface area contributed by atoms with Crippen LogP contribution in [-0.2, 0) is 9.53 Å². The molecule has 1 aromatic heterocycles. The van der Waals surface area contributed by atoms with Gasteiger partial charge in [-0.25, -0.2) is 13.8 Å². The molecular formula is C13H18F2N4O2. The number of nitrogens with zero attached hydrogens (tertiary/aromatic N) is 2. The van der Waals surface area contributed by atoms with Crippen LogP contribution in [0.15, 0.2) is 6.07 Å². The number of nitrogen functional groups attached to an aromatic ring is 1. The fraction of sp³-hybridized carbons (Fsp3) is 0.538. The van der Waals surface area contributed by atoms with Crippen LogP contribution < -0.4 is 16.0 Å². The van der Waals surface area contributed by atoms with E-state index in [1.165, 1.54) is 4.90 Å². The van der Waals surface area contributed by atoms with Crippen molar-refractivity contribution in [2.24, 2.45) is 0 Å². The van der Waals surface area contributed by atoms with Gasteiger partial charge < -0.3 is 20.7 Å². The second kappa shape index (κ2) is 6.21. The summed E-state index contributed by atoms with van der Waals surface area (Å²) in [5.41, 5.74) is 5.39. The van der Waals surface area contributed by atoms with E-state index < -0.39 is 23.5 Å². The summed E-state index contributed by atoms with van der Waals surface area (Å²) >= 11 is 0. The molecule has 1 amide bonds. The van der Waals surface area contributed by atoms with E-state index in [0.29, 0.717) is 12.7 Å². The molecule has 0 saturated carbocycles. The predicted molar refractivity (Wildman–Crippen MR) is 73.8 cm³/mol. The zero-order valence-corrected chi connectivity index (χ0v) is 11.9. The number of rotatable bonds is 3. The van der Waals surface area contributed by atoms with Crippen LogP contribution in [0, 0.1) is 11.6 Å². The molecule has 1 aliphatic heterocycles. The SMILES string of the molecule is CC(C)NC(=O)C1COCCN1c1nc(N)c(F)cc1F. The molecule has 0 aliphatic carbocycles. The highest BCUT2D eigenvalue weighted by Crippen LogP contribution is 2.24. The molecule has 3 N–H and O–H groups in total. The van der Waals surface area contributed by atoms with Gasteiger partial charge in [-0.1, -0.05) is 0 Å². The molecule has 1 saturated heterocycles. The molecule has 0 spiro atoms. The van der Waals surface area contributed by atoms with Crippen LogP contribution in [0.25, 0.3) is 0 Å². The molecule has 1 aliphatic rings. The van der Waals surface area contributed by atoms with Gasteiger partial charge in [0, 0.05) is 18.7 Å². The second-order valence-corrected chi connectivity index (χ2v) is 5.11. The Balaban J connectivity index is 2.30. The topological polar surface area (TPSA) is 80.5 Å². The molecule has 2 rings (SSSR count). The second-order valence-electron chi connectivity index (χ2n) is 5.11. The van der Waals surface area contributed by atoms with Crippen molar-refractivity contribution in [1.29, 1.82) is 0 Å². The zero-order chi connectivity index (χ0) is 15.6. The molecule has 0 radical (unpaired) electrons. The van der Waals surface area contributed by atoms with E-state index in [4.69, 9.17) is 10.5 Å². The lowest BCUT2D eigenvalue weighted by atomic mass is 10.2. The van der Waals surface area contributed by atoms with Crippen molar-refractivity contribution in [3.63, 3.8) is 0 Å². The standard InChI is InChI=1S/C13H18F2N4O2/c1-7(2)17-13(20)10-6-21-4-3-19(10)12-9(15)5-8(14)11(16)18-12/h5,7,10H,3-4,6H2,1-2H3,(H2,16,18)(H,17,20). The maximum atomic E-state index is 13.9. The van der Waals surface area contributed by atoms with Crippen molar-refractivity contribution in [3.05, 3.63) is 17.7 Å². The van der Waals surface area contributed by atoms with E-state index in [0.717, 1.165) is 0 Å². The third-order valence-electron chi connectivity index (χ3n) is 3.07. The zero-order valence-electron chi connectivity index (χ0n) is 11.9. The number of anilines is 2. The number of aromatic nitrogens is 1. The van der Waals surface area contributed by atoms with E-state index in [1.54, 1.807) is 0 Å². The van der Waals surface area contributed by atoms with Gasteiger partial charge in [0.1, 0.15) is 6.04 Å². The van der Waals surface area contributed by atoms with Gasteiger partial charge >= 0.3 is 0 Å². The van der Waals surface area contributed by atoms with Crippen molar-refractivity contribution >= 4 is 17.5 Å². The average molecular weight is 300 g/mol. The summed E-state index contributed by atoms with van der Waals surface area (Å²) in [4.78, 5) is 17.3. The summed E-state index contributed by atoms with van der Waals surface area (Å²) in [7, 11) is 0. The van der Waals surface area contributed by atoms with Crippen LogP contribution in [0.3, 0.4) is 0 Å². The molecule has 0 aromatic carbocycles. The van der Waals surface area contributed by atoms with Crippen molar-refractivity contribution in [2.75, 3.05) is 30.4 Å². The van der Waals surface area contributed by atoms with E-state index in [9.17, 15) is 13.6 Å². The molecule has 21 heavy (non-hydrogen) atoms. The highest BCUT2D eigenvalue weighted by Gasteiger charge is 2.32. The lowest BCUT2D eigenvalue weighted by molar-refractivity contribution is -0.125. The fourth-order valence-electron chi connectivity index (χ4n) is 2.13. The van der Waals surface area contributed by atoms with Gasteiger partial charge in [-0.15, -0.1) is 0 Å². The number of morpholine rings is 1. The fourth-order valence-corrected chi connectivity index (χ4v) is 2.13. The molecule has 0 bridgehead atoms. The van der Waals surface area contributed by atoms with Gasteiger partial charge in [-0.05, 0) is 13.8 Å². The van der Waals surface area contributed by atoms with Gasteiger partial charge in [-0.2, -0.15) is 0 Å². The smallest absolute Gasteiger partial charge is 0.245 e. The monoisotopic (exact) mass is 300 g/mol. The largest absolute Gasteiger partial charge is 0.381 e. The highest BCUT2D eigenvalue weighted by molar-refractivity contribution is 5.85. The molecule has 6 nitrogen and oxygen atoms in total. The molecule has 1 atom stereocenters. The van der Waals surface area contributed by atoms with Crippen LogP contribution in [0.1, 0.15) is 13.8 Å². The Kier molecular flexibility index (Phi) is 4.56. The number of carbonyl (C=O) groups excluding carboxylic acids is 1. The summed E-state index contributed by atoms with van der Waals surface area (Å²) in [6.07, 6.45) is 0. The van der Waals surface area contributed by atoms with E-state index in [2.05, 4.69) is 10.3 Å². The predicted octanol–water partition coefficient (Wildman–Crippen LogP) is 0.672. The van der Waals surface area contributed by atoms with Gasteiger partial charge in [0.15, 0.2) is 23.3 Å². The Morgan fingerprint density at radius 2 is 2.24 bits per heavy atom. The highest BCUT2D eigenvalue weighted by atomic mass is 19.1. The Hall–Kier alpha value is -1.96. The summed E-state index contributed by atoms with van der Waals surface area (Å²) in [5.74, 6) is -2.62. The normalized spacial score (nSPS) is 18.9. The molecule has 1 fully saturated rings. The molecule has 8 heteroatoms. The molecule has 116 valence electrons. The third kappa shape index (κ3) is 3.38. The van der Waals surface area contributed by atoms with E-state index in [1.807, 2.05) is 13.8 Å². The van der Waals surface area contributed by atoms with Gasteiger partial charge in [0.25, 0.3) is 0 Å². The van der Waals surface area contributed by atoms with Crippen molar-refractivity contribution in [2.45, 2.75) is 25.9 Å². The number of ether oxygens (including phenoxy) is 1. The van der Waals surface area contributed by atoms with Crippen LogP contribution >= 0.6 is 0 Å². The van der Waals surface area contributed by atoms with E-state index in [-0.39, 0.29) is 30.9 Å². The van der Waals surface area contributed by atoms with Gasteiger partial charge in [-0.3, -0.25) is 4.79 Å². The molecule has 2 heterocycles. The quantitative estimate of drug-likeness (QED) is 0.857. The number of halogens is 2. The Labute approximate surface area is 121 Å². The van der Waals surface area contributed by atoms with Gasteiger partial charge in [0.2, 0.25) is 5.91 Å². The number of carbonyl (C=O) groups is 1. The molecular weight excluding hydrogens is 282 g/mol. The maximum absolute atomic E-state index is 13.9. The van der Waals surface area contributed by atoms with Crippen molar-refractivity contribution in [1.82, 2.24) is 10.3 Å². The minimum atomic E-state index is -0.923. The lowest BCUT2D eigenvalue weighted by Gasteiger charge is -2.36. The van der Waals surface area contributed by atoms with Crippen molar-refractivity contribution < 1.29 is 18.3 Å². The number of hydrogen-bond donors (Lipinski definition) is 2. The molecule has 1 aromatic rings. The first-order valence-corrected chi connectivity index (χ1v) is 6.66. The summed E-state index contributed by atoms with van der Waals surface area (Å²) in [5, 5.41) is 2.74. The Morgan fingerprint density at radius 1 is 1.52 bits per heavy atom. The van der Waals surface area contributed by atoms with Crippen LogP contribution in [0.2, 0.25) is 0 Å². The Morgan fingerprint density at radius 3 is 2.90 bits per heavy atom. The number of pyridine rings is 1. The van der Waals surface area contributed by atoms with Crippen LogP contribution in [-0.4, -0.2) is 42.7 Å². The summed E-state index contributed by atoms with van der Waals surface area (Å²) < 4.78 is 32.4. The number of nitrogens with two attached hydrogens (primary N) is 1. The van der Waals surface area contributed by atoms with Crippen LogP contribution in [0.5, 0.6) is 0 Å². The van der Waals surface area contributed by atoms with E-state index >= 15 is 0 Å². The third-order valence-corrected chi connectivity index (χ3v) is 3.07. The van der Waals surface area contributed by atoms with Gasteiger partial charge in [0.05, 0.1) is 13.2 Å². The maximum Gasteiger partial charge on any atom is 0.245 e. The van der Waals surface area contributed by atoms with Crippen molar-refractivity contribution in [3.8, 4) is 0 Å². The number of amides is 1. The minimum Gasteiger partial charge on any atom is -0.381 e. The van der Waals surface area contributed by atoms with Crippen LogP contribution in [0.4, 0.5) is 20.4 Å². The summed E-state index contributed by atoms with van der Waals surface area (Å²) in [6.45, 7) is 4.34. The first-order chi connectivity index (χ1) is 9.90. The summed E-state index contributed by atoms with van der Waals surface area (Å²) in [6, 6.07) is -0.116. The first kappa shape index (κ1) is 15.4. The average Bonchev–Trinajstić information content (AvgIpc) is 2.42. The lowest BCUT2D eigenvalue weighted by Crippen LogP contribution is -2.55. The first-order valence-electron chi connectivity index (χ1n) is 6.66.